The molecule has 3 rings (SSSR count). The molecule has 1 aromatic rings. The van der Waals surface area contributed by atoms with E-state index in [2.05, 4.69) is 21.9 Å². The Kier molecular flexibility index (Phi) is 3.09. The number of fused-ring (bicyclic) bond motifs is 2. The van der Waals surface area contributed by atoms with Gasteiger partial charge in [0.2, 0.25) is 5.78 Å². The molecule has 5 heteroatoms. The molecule has 0 spiro atoms. The highest BCUT2D eigenvalue weighted by Crippen LogP contribution is 2.31. The molecule has 1 aromatic heterocycles. The van der Waals surface area contributed by atoms with Crippen LogP contribution in [0.1, 0.15) is 23.5 Å². The lowest BCUT2D eigenvalue weighted by Gasteiger charge is -2.46. The van der Waals surface area contributed by atoms with Crippen LogP contribution < -0.4 is 0 Å². The van der Waals surface area contributed by atoms with Crippen molar-refractivity contribution in [1.29, 1.82) is 0 Å². The molecule has 2 atom stereocenters. The van der Waals surface area contributed by atoms with Gasteiger partial charge in [-0.3, -0.25) is 9.69 Å². The van der Waals surface area contributed by atoms with Gasteiger partial charge in [-0.05, 0) is 26.0 Å². The first-order valence-electron chi connectivity index (χ1n) is 6.36. The summed E-state index contributed by atoms with van der Waals surface area (Å²) >= 11 is 0. The number of piperidine rings is 1. The summed E-state index contributed by atoms with van der Waals surface area (Å²) in [6.45, 7) is 1.46. The molecule has 2 fully saturated rings. The van der Waals surface area contributed by atoms with Crippen molar-refractivity contribution in [3.05, 3.63) is 24.3 Å². The Morgan fingerprint density at radius 2 is 1.89 bits per heavy atom. The summed E-state index contributed by atoms with van der Waals surface area (Å²) in [5.41, 5.74) is 0. The summed E-state index contributed by atoms with van der Waals surface area (Å²) in [7, 11) is 2.12. The molecule has 2 saturated heterocycles. The molecule has 2 bridgehead atoms. The zero-order chi connectivity index (χ0) is 12.5. The molecule has 0 saturated carbocycles. The normalized spacial score (nSPS) is 32.2. The minimum Gasteiger partial charge on any atom is -0.378 e. The highest BCUT2D eigenvalue weighted by molar-refractivity contribution is 5.94. The lowest BCUT2D eigenvalue weighted by Crippen LogP contribution is -2.55. The van der Waals surface area contributed by atoms with Crippen molar-refractivity contribution in [2.24, 2.45) is 5.92 Å². The van der Waals surface area contributed by atoms with Gasteiger partial charge in [0.1, 0.15) is 0 Å². The number of ether oxygens (including phenoxy) is 1. The standard InChI is InChI=1S/C13H17N3O2/c1-16-10-5-9(6-11(16)8-18-7-10)12(17)13-14-3-2-4-15-13/h2-4,9-11H,5-8H2,1H3. The molecule has 2 unspecified atom stereocenters. The Bertz CT molecular complexity index is 423. The largest absolute Gasteiger partial charge is 0.378 e. The van der Waals surface area contributed by atoms with E-state index < -0.39 is 0 Å². The van der Waals surface area contributed by atoms with E-state index in [1.165, 1.54) is 0 Å². The lowest BCUT2D eigenvalue weighted by atomic mass is 9.82. The molecule has 2 aliphatic heterocycles. The lowest BCUT2D eigenvalue weighted by molar-refractivity contribution is -0.0703. The van der Waals surface area contributed by atoms with Gasteiger partial charge in [-0.1, -0.05) is 0 Å². The molecule has 0 aromatic carbocycles. The SMILES string of the molecule is CN1C2COCC1CC(C(=O)c1ncccn1)C2. The molecule has 2 aliphatic rings. The van der Waals surface area contributed by atoms with Crippen molar-refractivity contribution >= 4 is 5.78 Å². The molecule has 96 valence electrons. The third-order valence-corrected chi connectivity index (χ3v) is 4.04. The average molecular weight is 247 g/mol. The summed E-state index contributed by atoms with van der Waals surface area (Å²) < 4.78 is 5.56. The fourth-order valence-corrected chi connectivity index (χ4v) is 2.92. The van der Waals surface area contributed by atoms with Crippen LogP contribution in [-0.2, 0) is 4.74 Å². The Hall–Kier alpha value is -1.33. The molecular weight excluding hydrogens is 230 g/mol. The predicted octanol–water partition coefficient (Wildman–Crippen LogP) is 0.768. The number of aromatic nitrogens is 2. The van der Waals surface area contributed by atoms with Crippen molar-refractivity contribution in [2.45, 2.75) is 24.9 Å². The molecule has 0 radical (unpaired) electrons. The molecule has 18 heavy (non-hydrogen) atoms. The van der Waals surface area contributed by atoms with Crippen molar-refractivity contribution in [1.82, 2.24) is 14.9 Å². The van der Waals surface area contributed by atoms with Gasteiger partial charge in [0.05, 0.1) is 13.2 Å². The average Bonchev–Trinajstić information content (AvgIpc) is 2.38. The molecule has 3 heterocycles. The van der Waals surface area contributed by atoms with Crippen molar-refractivity contribution in [3.8, 4) is 0 Å². The van der Waals surface area contributed by atoms with Gasteiger partial charge >= 0.3 is 0 Å². The van der Waals surface area contributed by atoms with Crippen molar-refractivity contribution in [2.75, 3.05) is 20.3 Å². The van der Waals surface area contributed by atoms with Crippen LogP contribution in [0.25, 0.3) is 0 Å². The number of carbonyl (C=O) groups excluding carboxylic acids is 1. The monoisotopic (exact) mass is 247 g/mol. The van der Waals surface area contributed by atoms with Crippen LogP contribution in [0.3, 0.4) is 0 Å². The van der Waals surface area contributed by atoms with Gasteiger partial charge in [-0.15, -0.1) is 0 Å². The zero-order valence-electron chi connectivity index (χ0n) is 10.5. The summed E-state index contributed by atoms with van der Waals surface area (Å²) in [6.07, 6.45) is 4.95. The van der Waals surface area contributed by atoms with Crippen LogP contribution in [-0.4, -0.2) is 53.0 Å². The number of likely N-dealkylation sites (N-methyl/N-ethyl adjacent to an activating group) is 1. The second-order valence-corrected chi connectivity index (χ2v) is 5.12. The molecular formula is C13H17N3O2. The maximum absolute atomic E-state index is 12.4. The summed E-state index contributed by atoms with van der Waals surface area (Å²) in [5, 5.41) is 0. The molecule has 0 aliphatic carbocycles. The number of nitrogens with zero attached hydrogens (tertiary/aromatic N) is 3. The van der Waals surface area contributed by atoms with Crippen LogP contribution in [0.15, 0.2) is 18.5 Å². The second kappa shape index (κ2) is 4.74. The van der Waals surface area contributed by atoms with E-state index in [9.17, 15) is 4.79 Å². The zero-order valence-corrected chi connectivity index (χ0v) is 10.5. The molecule has 0 amide bonds. The predicted molar refractivity (Wildman–Crippen MR) is 65.2 cm³/mol. The first kappa shape index (κ1) is 11.7. The van der Waals surface area contributed by atoms with Crippen molar-refractivity contribution in [3.63, 3.8) is 0 Å². The Morgan fingerprint density at radius 3 is 2.50 bits per heavy atom. The number of hydrogen-bond acceptors (Lipinski definition) is 5. The first-order chi connectivity index (χ1) is 8.75. The molecule has 0 N–H and O–H groups in total. The summed E-state index contributed by atoms with van der Waals surface area (Å²) in [6, 6.07) is 2.44. The van der Waals surface area contributed by atoms with Crippen LogP contribution in [0.5, 0.6) is 0 Å². The van der Waals surface area contributed by atoms with E-state index in [0.717, 1.165) is 26.1 Å². The topological polar surface area (TPSA) is 55.3 Å². The fourth-order valence-electron chi connectivity index (χ4n) is 2.92. The quantitative estimate of drug-likeness (QED) is 0.722. The van der Waals surface area contributed by atoms with Gasteiger partial charge < -0.3 is 4.74 Å². The number of ketones is 1. The highest BCUT2D eigenvalue weighted by Gasteiger charge is 2.40. The Labute approximate surface area is 106 Å². The first-order valence-corrected chi connectivity index (χ1v) is 6.36. The van der Waals surface area contributed by atoms with E-state index in [0.29, 0.717) is 17.9 Å². The van der Waals surface area contributed by atoms with Crippen LogP contribution in [0.2, 0.25) is 0 Å². The maximum atomic E-state index is 12.4. The van der Waals surface area contributed by atoms with Crippen molar-refractivity contribution < 1.29 is 9.53 Å². The Morgan fingerprint density at radius 1 is 1.28 bits per heavy atom. The molecule has 5 nitrogen and oxygen atoms in total. The smallest absolute Gasteiger partial charge is 0.203 e. The van der Waals surface area contributed by atoms with Crippen LogP contribution >= 0.6 is 0 Å². The number of morpholine rings is 1. The number of Topliss-reactive ketones (excluding diaryl/α,β-unsaturated/α-hetero) is 1. The van der Waals surface area contributed by atoms with E-state index in [4.69, 9.17) is 4.74 Å². The van der Waals surface area contributed by atoms with Gasteiger partial charge in [-0.2, -0.15) is 0 Å². The minimum absolute atomic E-state index is 0.0440. The summed E-state index contributed by atoms with van der Waals surface area (Å²) in [5.74, 6) is 0.481. The van der Waals surface area contributed by atoms with E-state index in [-0.39, 0.29) is 11.7 Å². The van der Waals surface area contributed by atoms with Gasteiger partial charge in [0.15, 0.2) is 5.82 Å². The van der Waals surface area contributed by atoms with Crippen LogP contribution in [0.4, 0.5) is 0 Å². The van der Waals surface area contributed by atoms with Gasteiger partial charge in [0, 0.05) is 30.4 Å². The van der Waals surface area contributed by atoms with Gasteiger partial charge in [0.25, 0.3) is 0 Å². The third kappa shape index (κ3) is 2.04. The maximum Gasteiger partial charge on any atom is 0.203 e. The number of hydrogen-bond donors (Lipinski definition) is 0. The number of carbonyl (C=O) groups is 1. The second-order valence-electron chi connectivity index (χ2n) is 5.12. The van der Waals surface area contributed by atoms with Crippen LogP contribution in [0, 0.1) is 5.92 Å². The number of rotatable bonds is 2. The third-order valence-electron chi connectivity index (χ3n) is 4.04. The fraction of sp³-hybridized carbons (Fsp3) is 0.615. The van der Waals surface area contributed by atoms with Gasteiger partial charge in [-0.25, -0.2) is 9.97 Å². The summed E-state index contributed by atoms with van der Waals surface area (Å²) in [4.78, 5) is 22.8. The van der Waals surface area contributed by atoms with E-state index in [1.807, 2.05) is 0 Å². The Balaban J connectivity index is 1.76. The van der Waals surface area contributed by atoms with E-state index in [1.54, 1.807) is 18.5 Å². The highest BCUT2D eigenvalue weighted by atomic mass is 16.5. The minimum atomic E-state index is 0.0440. The van der Waals surface area contributed by atoms with E-state index >= 15 is 0 Å².